The van der Waals surface area contributed by atoms with Crippen LogP contribution >= 0.6 is 0 Å². The van der Waals surface area contributed by atoms with Gasteiger partial charge >= 0.3 is 0 Å². The van der Waals surface area contributed by atoms with Gasteiger partial charge in [0.05, 0.1) is 12.1 Å². The summed E-state index contributed by atoms with van der Waals surface area (Å²) in [6, 6.07) is 16.4. The molecule has 0 bridgehead atoms. The number of aromatic nitrogens is 1. The summed E-state index contributed by atoms with van der Waals surface area (Å²) in [5.74, 6) is 0.798. The Kier molecular flexibility index (Phi) is 2.82. The first-order chi connectivity index (χ1) is 8.88. The highest BCUT2D eigenvalue weighted by molar-refractivity contribution is 6.06. The lowest BCUT2D eigenvalue weighted by Crippen LogP contribution is -2.06. The highest BCUT2D eigenvalue weighted by Gasteiger charge is 2.02. The predicted molar refractivity (Wildman–Crippen MR) is 74.8 cm³/mol. The molecule has 0 amide bonds. The average molecular weight is 238 g/mol. The van der Waals surface area contributed by atoms with Crippen LogP contribution in [0.5, 0.6) is 0 Å². The molecule has 3 nitrogen and oxygen atoms in total. The maximum absolute atomic E-state index is 8.79. The SMILES string of the molecule is OCCNc1ccc2c(ccc3ccccc32)n1. The Bertz CT molecular complexity index is 694. The summed E-state index contributed by atoms with van der Waals surface area (Å²) >= 11 is 0. The second-order valence-corrected chi connectivity index (χ2v) is 4.20. The Hall–Kier alpha value is -2.13. The van der Waals surface area contributed by atoms with Gasteiger partial charge in [-0.05, 0) is 29.0 Å². The zero-order valence-electron chi connectivity index (χ0n) is 9.93. The minimum Gasteiger partial charge on any atom is -0.395 e. The smallest absolute Gasteiger partial charge is 0.126 e. The highest BCUT2D eigenvalue weighted by Crippen LogP contribution is 2.25. The molecule has 0 atom stereocenters. The second kappa shape index (κ2) is 4.63. The van der Waals surface area contributed by atoms with E-state index in [0.29, 0.717) is 6.54 Å². The van der Waals surface area contributed by atoms with Crippen molar-refractivity contribution < 1.29 is 5.11 Å². The van der Waals surface area contributed by atoms with Crippen molar-refractivity contribution in [2.24, 2.45) is 0 Å². The monoisotopic (exact) mass is 238 g/mol. The Morgan fingerprint density at radius 1 is 0.944 bits per heavy atom. The van der Waals surface area contributed by atoms with Crippen molar-refractivity contribution in [2.45, 2.75) is 0 Å². The van der Waals surface area contributed by atoms with E-state index < -0.39 is 0 Å². The van der Waals surface area contributed by atoms with Crippen molar-refractivity contribution in [3.05, 3.63) is 48.5 Å². The first-order valence-corrected chi connectivity index (χ1v) is 6.02. The Morgan fingerprint density at radius 2 is 1.83 bits per heavy atom. The summed E-state index contributed by atoms with van der Waals surface area (Å²) in [5, 5.41) is 15.5. The molecule has 1 heterocycles. The lowest BCUT2D eigenvalue weighted by Gasteiger charge is -2.07. The summed E-state index contributed by atoms with van der Waals surface area (Å²) in [6.45, 7) is 0.628. The van der Waals surface area contributed by atoms with E-state index in [4.69, 9.17) is 5.11 Å². The average Bonchev–Trinajstić information content (AvgIpc) is 2.44. The minimum atomic E-state index is 0.109. The molecule has 0 radical (unpaired) electrons. The van der Waals surface area contributed by atoms with Gasteiger partial charge < -0.3 is 10.4 Å². The van der Waals surface area contributed by atoms with Gasteiger partial charge in [0.2, 0.25) is 0 Å². The molecule has 3 heteroatoms. The van der Waals surface area contributed by atoms with Gasteiger partial charge in [-0.1, -0.05) is 30.3 Å². The first kappa shape index (κ1) is 11.0. The fourth-order valence-electron chi connectivity index (χ4n) is 2.17. The summed E-state index contributed by atoms with van der Waals surface area (Å²) in [7, 11) is 0. The van der Waals surface area contributed by atoms with Crippen LogP contribution in [0.15, 0.2) is 48.5 Å². The van der Waals surface area contributed by atoms with E-state index in [2.05, 4.69) is 34.6 Å². The predicted octanol–water partition coefficient (Wildman–Crippen LogP) is 2.79. The lowest BCUT2D eigenvalue weighted by atomic mass is 10.1. The minimum absolute atomic E-state index is 0.109. The Balaban J connectivity index is 2.15. The number of fused-ring (bicyclic) bond motifs is 3. The summed E-state index contributed by atoms with van der Waals surface area (Å²) < 4.78 is 0. The van der Waals surface area contributed by atoms with Gasteiger partial charge in [-0.2, -0.15) is 0 Å². The number of aliphatic hydroxyl groups excluding tert-OH is 1. The summed E-state index contributed by atoms with van der Waals surface area (Å²) in [4.78, 5) is 4.54. The lowest BCUT2D eigenvalue weighted by molar-refractivity contribution is 0.311. The van der Waals surface area contributed by atoms with Crippen molar-refractivity contribution in [1.29, 1.82) is 0 Å². The van der Waals surface area contributed by atoms with Crippen LogP contribution in [0, 0.1) is 0 Å². The molecule has 2 N–H and O–H groups in total. The van der Waals surface area contributed by atoms with Crippen LogP contribution in [-0.2, 0) is 0 Å². The molecule has 2 aromatic carbocycles. The molecule has 0 aliphatic carbocycles. The van der Waals surface area contributed by atoms with E-state index in [0.717, 1.165) is 16.7 Å². The highest BCUT2D eigenvalue weighted by atomic mass is 16.3. The first-order valence-electron chi connectivity index (χ1n) is 6.02. The third-order valence-electron chi connectivity index (χ3n) is 3.01. The quantitative estimate of drug-likeness (QED) is 0.690. The van der Waals surface area contributed by atoms with Crippen LogP contribution in [0.1, 0.15) is 0 Å². The number of aliphatic hydroxyl groups is 1. The van der Waals surface area contributed by atoms with Gasteiger partial charge in [0.25, 0.3) is 0 Å². The summed E-state index contributed by atoms with van der Waals surface area (Å²) in [5.41, 5.74) is 0.969. The van der Waals surface area contributed by atoms with Crippen molar-refractivity contribution in [2.75, 3.05) is 18.5 Å². The molecule has 18 heavy (non-hydrogen) atoms. The summed E-state index contributed by atoms with van der Waals surface area (Å²) in [6.07, 6.45) is 0. The van der Waals surface area contributed by atoms with Crippen molar-refractivity contribution in [1.82, 2.24) is 4.98 Å². The number of pyridine rings is 1. The maximum atomic E-state index is 8.79. The zero-order valence-corrected chi connectivity index (χ0v) is 9.93. The normalized spacial score (nSPS) is 10.9. The molecule has 0 aliphatic heterocycles. The molecular formula is C15H14N2O. The number of anilines is 1. The van der Waals surface area contributed by atoms with Crippen LogP contribution in [0.2, 0.25) is 0 Å². The molecule has 0 unspecified atom stereocenters. The van der Waals surface area contributed by atoms with Crippen LogP contribution in [-0.4, -0.2) is 23.2 Å². The number of benzene rings is 2. The molecule has 90 valence electrons. The number of nitrogens with one attached hydrogen (secondary N) is 1. The van der Waals surface area contributed by atoms with E-state index in [1.807, 2.05) is 24.3 Å². The van der Waals surface area contributed by atoms with E-state index in [1.54, 1.807) is 0 Å². The fourth-order valence-corrected chi connectivity index (χ4v) is 2.17. The Labute approximate surface area is 105 Å². The fraction of sp³-hybridized carbons (Fsp3) is 0.133. The molecule has 3 rings (SSSR count). The van der Waals surface area contributed by atoms with Crippen molar-refractivity contribution >= 4 is 27.5 Å². The molecular weight excluding hydrogens is 224 g/mol. The third kappa shape index (κ3) is 1.89. The van der Waals surface area contributed by atoms with Gasteiger partial charge in [0.1, 0.15) is 5.82 Å². The molecule has 3 aromatic rings. The number of hydrogen-bond donors (Lipinski definition) is 2. The van der Waals surface area contributed by atoms with Gasteiger partial charge in [-0.3, -0.25) is 0 Å². The van der Waals surface area contributed by atoms with E-state index in [1.165, 1.54) is 10.8 Å². The van der Waals surface area contributed by atoms with Gasteiger partial charge in [-0.15, -0.1) is 0 Å². The molecule has 0 fully saturated rings. The molecule has 0 aliphatic rings. The van der Waals surface area contributed by atoms with Crippen LogP contribution in [0.25, 0.3) is 21.7 Å². The Morgan fingerprint density at radius 3 is 2.72 bits per heavy atom. The van der Waals surface area contributed by atoms with Crippen LogP contribution < -0.4 is 5.32 Å². The maximum Gasteiger partial charge on any atom is 0.126 e. The van der Waals surface area contributed by atoms with Crippen molar-refractivity contribution in [3.8, 4) is 0 Å². The second-order valence-electron chi connectivity index (χ2n) is 4.20. The van der Waals surface area contributed by atoms with Gasteiger partial charge in [-0.25, -0.2) is 4.98 Å². The van der Waals surface area contributed by atoms with Gasteiger partial charge in [0.15, 0.2) is 0 Å². The number of hydrogen-bond acceptors (Lipinski definition) is 3. The van der Waals surface area contributed by atoms with Crippen LogP contribution in [0.3, 0.4) is 0 Å². The molecule has 0 saturated heterocycles. The van der Waals surface area contributed by atoms with Crippen LogP contribution in [0.4, 0.5) is 5.82 Å². The van der Waals surface area contributed by atoms with E-state index in [9.17, 15) is 0 Å². The topological polar surface area (TPSA) is 45.1 Å². The third-order valence-corrected chi connectivity index (χ3v) is 3.01. The number of rotatable bonds is 3. The molecule has 0 spiro atoms. The van der Waals surface area contributed by atoms with E-state index >= 15 is 0 Å². The zero-order chi connectivity index (χ0) is 12.4. The van der Waals surface area contributed by atoms with E-state index in [-0.39, 0.29) is 6.61 Å². The molecule has 1 aromatic heterocycles. The van der Waals surface area contributed by atoms with Gasteiger partial charge in [0, 0.05) is 11.9 Å². The number of nitrogens with zero attached hydrogens (tertiary/aromatic N) is 1. The largest absolute Gasteiger partial charge is 0.395 e. The standard InChI is InChI=1S/C15H14N2O/c18-10-9-16-15-8-6-13-12-4-2-1-3-11(12)5-7-14(13)17-15/h1-8,18H,9-10H2,(H,16,17). The molecule has 0 saturated carbocycles. The van der Waals surface area contributed by atoms with Crippen molar-refractivity contribution in [3.63, 3.8) is 0 Å².